The Labute approximate surface area is 124 Å². The van der Waals surface area contributed by atoms with Crippen molar-refractivity contribution in [3.05, 3.63) is 53.2 Å². The number of carbonyl (C=O) groups excluding carboxylic acids is 1. The fourth-order valence-corrected chi connectivity index (χ4v) is 1.93. The second-order valence-corrected chi connectivity index (χ2v) is 5.51. The average Bonchev–Trinajstić information content (AvgIpc) is 2.93. The minimum absolute atomic E-state index is 0.201. The Bertz CT molecular complexity index is 619. The standard InChI is InChI=1S/C16H21N3O2/c1-10(2)14(17)16-19-13(9-21-16)15(20)18-8-12-6-4-5-11(3)7-12/h4-7,9-10,14H,8,17H2,1-3H3,(H,18,20). The number of oxazole rings is 1. The average molecular weight is 287 g/mol. The Morgan fingerprint density at radius 3 is 2.86 bits per heavy atom. The number of benzene rings is 1. The molecule has 1 aromatic carbocycles. The van der Waals surface area contributed by atoms with Crippen molar-refractivity contribution >= 4 is 5.91 Å². The maximum atomic E-state index is 12.0. The van der Waals surface area contributed by atoms with Gasteiger partial charge in [-0.15, -0.1) is 0 Å². The molecule has 0 spiro atoms. The molecule has 0 radical (unpaired) electrons. The van der Waals surface area contributed by atoms with Crippen molar-refractivity contribution < 1.29 is 9.21 Å². The molecule has 0 aliphatic rings. The molecule has 0 saturated heterocycles. The van der Waals surface area contributed by atoms with Crippen LogP contribution in [0.15, 0.2) is 34.9 Å². The van der Waals surface area contributed by atoms with Gasteiger partial charge in [-0.2, -0.15) is 0 Å². The van der Waals surface area contributed by atoms with Crippen LogP contribution in [0.4, 0.5) is 0 Å². The molecule has 1 unspecified atom stereocenters. The molecule has 0 saturated carbocycles. The zero-order valence-electron chi connectivity index (χ0n) is 12.6. The van der Waals surface area contributed by atoms with E-state index < -0.39 is 0 Å². The zero-order chi connectivity index (χ0) is 15.4. The minimum Gasteiger partial charge on any atom is -0.446 e. The molecule has 2 rings (SSSR count). The molecule has 1 heterocycles. The molecule has 3 N–H and O–H groups in total. The number of aryl methyl sites for hydroxylation is 1. The molecule has 0 aliphatic heterocycles. The van der Waals surface area contributed by atoms with Crippen LogP contribution in [0.25, 0.3) is 0 Å². The van der Waals surface area contributed by atoms with E-state index in [9.17, 15) is 4.79 Å². The van der Waals surface area contributed by atoms with E-state index in [0.29, 0.717) is 12.4 Å². The van der Waals surface area contributed by atoms with Crippen molar-refractivity contribution in [2.45, 2.75) is 33.4 Å². The molecule has 1 aromatic heterocycles. The molecule has 2 aromatic rings. The number of aromatic nitrogens is 1. The SMILES string of the molecule is Cc1cccc(CNC(=O)c2coc(C(N)C(C)C)n2)c1. The molecule has 21 heavy (non-hydrogen) atoms. The first kappa shape index (κ1) is 15.3. The summed E-state index contributed by atoms with van der Waals surface area (Å²) in [5, 5.41) is 2.82. The van der Waals surface area contributed by atoms with Gasteiger partial charge >= 0.3 is 0 Å². The lowest BCUT2D eigenvalue weighted by atomic mass is 10.1. The van der Waals surface area contributed by atoms with Gasteiger partial charge < -0.3 is 15.5 Å². The fraction of sp³-hybridized carbons (Fsp3) is 0.375. The van der Waals surface area contributed by atoms with Crippen LogP contribution in [0, 0.1) is 12.8 Å². The third kappa shape index (κ3) is 3.92. The third-order valence-electron chi connectivity index (χ3n) is 3.29. The van der Waals surface area contributed by atoms with E-state index in [-0.39, 0.29) is 23.6 Å². The van der Waals surface area contributed by atoms with Gasteiger partial charge in [0.05, 0.1) is 6.04 Å². The van der Waals surface area contributed by atoms with Crippen LogP contribution in [0.5, 0.6) is 0 Å². The molecule has 5 heteroatoms. The van der Waals surface area contributed by atoms with Gasteiger partial charge in [-0.1, -0.05) is 43.7 Å². The van der Waals surface area contributed by atoms with Crippen molar-refractivity contribution in [1.82, 2.24) is 10.3 Å². The molecule has 5 nitrogen and oxygen atoms in total. The van der Waals surface area contributed by atoms with E-state index >= 15 is 0 Å². The Hall–Kier alpha value is -2.14. The number of rotatable bonds is 5. The summed E-state index contributed by atoms with van der Waals surface area (Å²) in [5.74, 6) is 0.333. The topological polar surface area (TPSA) is 81.2 Å². The summed E-state index contributed by atoms with van der Waals surface area (Å²) in [5.41, 5.74) is 8.41. The van der Waals surface area contributed by atoms with Gasteiger partial charge in [0.2, 0.25) is 5.89 Å². The highest BCUT2D eigenvalue weighted by Gasteiger charge is 2.19. The van der Waals surface area contributed by atoms with Gasteiger partial charge in [-0.3, -0.25) is 4.79 Å². The number of amides is 1. The van der Waals surface area contributed by atoms with E-state index in [2.05, 4.69) is 10.3 Å². The molecule has 0 aliphatic carbocycles. The number of carbonyl (C=O) groups is 1. The molecule has 1 atom stereocenters. The van der Waals surface area contributed by atoms with Crippen molar-refractivity contribution in [3.63, 3.8) is 0 Å². The maximum absolute atomic E-state index is 12.0. The summed E-state index contributed by atoms with van der Waals surface area (Å²) < 4.78 is 5.28. The van der Waals surface area contributed by atoms with Gasteiger partial charge in [0.15, 0.2) is 5.69 Å². The van der Waals surface area contributed by atoms with E-state index in [1.54, 1.807) is 0 Å². The molecule has 0 fully saturated rings. The Balaban J connectivity index is 1.98. The van der Waals surface area contributed by atoms with Gasteiger partial charge in [0.25, 0.3) is 5.91 Å². The van der Waals surface area contributed by atoms with E-state index in [1.807, 2.05) is 45.0 Å². The summed E-state index contributed by atoms with van der Waals surface area (Å²) >= 11 is 0. The van der Waals surface area contributed by atoms with Crippen LogP contribution in [-0.4, -0.2) is 10.9 Å². The van der Waals surface area contributed by atoms with Gasteiger partial charge in [0.1, 0.15) is 6.26 Å². The van der Waals surface area contributed by atoms with E-state index in [1.165, 1.54) is 6.26 Å². The van der Waals surface area contributed by atoms with Crippen molar-refractivity contribution in [1.29, 1.82) is 0 Å². The van der Waals surface area contributed by atoms with Crippen molar-refractivity contribution in [2.24, 2.45) is 11.7 Å². The van der Waals surface area contributed by atoms with Gasteiger partial charge in [-0.05, 0) is 18.4 Å². The Kier molecular flexibility index (Phi) is 4.75. The van der Waals surface area contributed by atoms with Crippen LogP contribution < -0.4 is 11.1 Å². The maximum Gasteiger partial charge on any atom is 0.273 e. The second kappa shape index (κ2) is 6.54. The first-order valence-corrected chi connectivity index (χ1v) is 7.02. The van der Waals surface area contributed by atoms with Crippen LogP contribution in [-0.2, 0) is 6.54 Å². The van der Waals surface area contributed by atoms with Crippen LogP contribution >= 0.6 is 0 Å². The summed E-state index contributed by atoms with van der Waals surface area (Å²) in [6.45, 7) is 6.43. The normalized spacial score (nSPS) is 12.4. The molecule has 1 amide bonds. The minimum atomic E-state index is -0.302. The van der Waals surface area contributed by atoms with Gasteiger partial charge in [-0.25, -0.2) is 4.98 Å². The number of hydrogen-bond donors (Lipinski definition) is 2. The van der Waals surface area contributed by atoms with Gasteiger partial charge in [0, 0.05) is 6.54 Å². The predicted molar refractivity (Wildman–Crippen MR) is 80.6 cm³/mol. The highest BCUT2D eigenvalue weighted by molar-refractivity contribution is 5.91. The van der Waals surface area contributed by atoms with Crippen LogP contribution in [0.1, 0.15) is 47.4 Å². The predicted octanol–water partition coefficient (Wildman–Crippen LogP) is 2.57. The quantitative estimate of drug-likeness (QED) is 0.885. The first-order valence-electron chi connectivity index (χ1n) is 7.02. The largest absolute Gasteiger partial charge is 0.446 e. The molecule has 112 valence electrons. The lowest BCUT2D eigenvalue weighted by Gasteiger charge is -2.10. The number of hydrogen-bond acceptors (Lipinski definition) is 4. The molecular formula is C16H21N3O2. The first-order chi connectivity index (χ1) is 9.97. The Morgan fingerprint density at radius 1 is 1.43 bits per heavy atom. The lowest BCUT2D eigenvalue weighted by Crippen LogP contribution is -2.23. The summed E-state index contributed by atoms with van der Waals surface area (Å²) in [6, 6.07) is 7.68. The monoisotopic (exact) mass is 287 g/mol. The molecule has 0 bridgehead atoms. The fourth-order valence-electron chi connectivity index (χ4n) is 1.93. The number of nitrogens with two attached hydrogens (primary N) is 1. The van der Waals surface area contributed by atoms with Crippen molar-refractivity contribution in [3.8, 4) is 0 Å². The van der Waals surface area contributed by atoms with Crippen LogP contribution in [0.2, 0.25) is 0 Å². The van der Waals surface area contributed by atoms with E-state index in [0.717, 1.165) is 11.1 Å². The van der Waals surface area contributed by atoms with E-state index in [4.69, 9.17) is 10.2 Å². The number of nitrogens with zero attached hydrogens (tertiary/aromatic N) is 1. The lowest BCUT2D eigenvalue weighted by molar-refractivity contribution is 0.0946. The second-order valence-electron chi connectivity index (χ2n) is 5.51. The zero-order valence-corrected chi connectivity index (χ0v) is 12.6. The highest BCUT2D eigenvalue weighted by Crippen LogP contribution is 2.18. The summed E-state index contributed by atoms with van der Waals surface area (Å²) in [4.78, 5) is 16.2. The smallest absolute Gasteiger partial charge is 0.273 e. The summed E-state index contributed by atoms with van der Waals surface area (Å²) in [6.07, 6.45) is 1.35. The number of nitrogens with one attached hydrogen (secondary N) is 1. The summed E-state index contributed by atoms with van der Waals surface area (Å²) in [7, 11) is 0. The highest BCUT2D eigenvalue weighted by atomic mass is 16.3. The Morgan fingerprint density at radius 2 is 2.19 bits per heavy atom. The van der Waals surface area contributed by atoms with Crippen LogP contribution in [0.3, 0.4) is 0 Å². The third-order valence-corrected chi connectivity index (χ3v) is 3.29. The molecular weight excluding hydrogens is 266 g/mol. The van der Waals surface area contributed by atoms with Crippen molar-refractivity contribution in [2.75, 3.05) is 0 Å².